The molecule has 2 fully saturated rings. The number of aromatic nitrogens is 4. The minimum Gasteiger partial charge on any atom is -0.442 e. The number of amides is 1. The predicted molar refractivity (Wildman–Crippen MR) is 113 cm³/mol. The number of imidazole rings is 1. The minimum atomic E-state index is -4.59. The van der Waals surface area contributed by atoms with Gasteiger partial charge in [-0.15, -0.1) is 0 Å². The molecule has 1 atom stereocenters. The molecule has 12 heteroatoms. The van der Waals surface area contributed by atoms with E-state index in [2.05, 4.69) is 27.2 Å². The van der Waals surface area contributed by atoms with Gasteiger partial charge in [0, 0.05) is 25.0 Å². The van der Waals surface area contributed by atoms with E-state index in [1.807, 2.05) is 0 Å². The summed E-state index contributed by atoms with van der Waals surface area (Å²) < 4.78 is 53.3. The molecule has 0 bridgehead atoms. The van der Waals surface area contributed by atoms with E-state index in [9.17, 15) is 18.0 Å². The zero-order chi connectivity index (χ0) is 23.8. The van der Waals surface area contributed by atoms with Gasteiger partial charge in [-0.05, 0) is 26.7 Å². The molecule has 2 aliphatic heterocycles. The molecule has 5 heterocycles. The molecule has 0 aromatic carbocycles. The van der Waals surface area contributed by atoms with E-state index >= 15 is 0 Å². The van der Waals surface area contributed by atoms with Crippen molar-refractivity contribution >= 4 is 22.8 Å². The molecule has 0 spiro atoms. The molecule has 9 nitrogen and oxygen atoms in total. The number of halogens is 3. The quantitative estimate of drug-likeness (QED) is 0.611. The van der Waals surface area contributed by atoms with Gasteiger partial charge in [0.2, 0.25) is 11.5 Å². The predicted octanol–water partition coefficient (Wildman–Crippen LogP) is 3.83. The molecule has 1 amide bonds. The molecule has 6 rings (SSSR count). The van der Waals surface area contributed by atoms with Crippen molar-refractivity contribution in [1.29, 1.82) is 0 Å². The Bertz CT molecular complexity index is 1310. The summed E-state index contributed by atoms with van der Waals surface area (Å²) in [6, 6.07) is 0. The third-order valence-electron chi connectivity index (χ3n) is 6.88. The van der Waals surface area contributed by atoms with E-state index in [4.69, 9.17) is 9.15 Å². The molecular weight excluding hydrogens is 453 g/mol. The van der Waals surface area contributed by atoms with Gasteiger partial charge in [0.05, 0.1) is 35.5 Å². The first-order valence-corrected chi connectivity index (χ1v) is 11.2. The van der Waals surface area contributed by atoms with Crippen molar-refractivity contribution in [1.82, 2.24) is 24.4 Å². The van der Waals surface area contributed by atoms with Gasteiger partial charge in [-0.1, -0.05) is 0 Å². The first-order chi connectivity index (χ1) is 16.1. The third kappa shape index (κ3) is 3.34. The monoisotopic (exact) mass is 476 g/mol. The topological polar surface area (TPSA) is 98.3 Å². The van der Waals surface area contributed by atoms with Crippen molar-refractivity contribution in [2.45, 2.75) is 64.0 Å². The maximum Gasteiger partial charge on any atom is 0.449 e. The van der Waals surface area contributed by atoms with Gasteiger partial charge in [0.15, 0.2) is 0 Å². The summed E-state index contributed by atoms with van der Waals surface area (Å²) >= 11 is 0. The van der Waals surface area contributed by atoms with Crippen LogP contribution in [0, 0.1) is 6.92 Å². The number of fused-ring (bicyclic) bond motifs is 2. The fraction of sp³-hybridized carbons (Fsp3) is 0.545. The van der Waals surface area contributed by atoms with E-state index in [1.165, 1.54) is 15.8 Å². The van der Waals surface area contributed by atoms with Gasteiger partial charge >= 0.3 is 6.18 Å². The molecule has 1 saturated heterocycles. The summed E-state index contributed by atoms with van der Waals surface area (Å²) in [4.78, 5) is 27.7. The number of nitrogens with one attached hydrogen (secondary N) is 1. The molecule has 180 valence electrons. The summed E-state index contributed by atoms with van der Waals surface area (Å²) in [6.07, 6.45) is -1.10. The summed E-state index contributed by atoms with van der Waals surface area (Å²) in [5, 5.41) is 3.88. The van der Waals surface area contributed by atoms with Gasteiger partial charge in [-0.25, -0.2) is 15.0 Å². The maximum absolute atomic E-state index is 13.7. The second-order valence-corrected chi connectivity index (χ2v) is 9.41. The Morgan fingerprint density at radius 2 is 2.03 bits per heavy atom. The van der Waals surface area contributed by atoms with E-state index in [0.29, 0.717) is 47.0 Å². The van der Waals surface area contributed by atoms with Crippen molar-refractivity contribution in [3.8, 4) is 0 Å². The van der Waals surface area contributed by atoms with Gasteiger partial charge in [0.1, 0.15) is 24.0 Å². The van der Waals surface area contributed by atoms with Crippen LogP contribution in [0.5, 0.6) is 0 Å². The van der Waals surface area contributed by atoms with E-state index in [-0.39, 0.29) is 36.8 Å². The average Bonchev–Trinajstić information content (AvgIpc) is 3.19. The van der Waals surface area contributed by atoms with Crippen molar-refractivity contribution < 1.29 is 27.1 Å². The summed E-state index contributed by atoms with van der Waals surface area (Å²) in [7, 11) is 0. The molecule has 1 aliphatic carbocycles. The SMILES string of the molecule is Cc1oc2ncnc(NC3(C)CC3)c2c1C(=O)N1CCn2c(C(F)(F)F)nc(C3CCO3)c2C1. The Labute approximate surface area is 192 Å². The highest BCUT2D eigenvalue weighted by Gasteiger charge is 2.43. The number of rotatable bonds is 4. The Kier molecular flexibility index (Phi) is 4.51. The number of hydrogen-bond donors (Lipinski definition) is 1. The number of carbonyl (C=O) groups is 1. The first kappa shape index (κ1) is 21.4. The first-order valence-electron chi connectivity index (χ1n) is 11.2. The van der Waals surface area contributed by atoms with Crippen molar-refractivity contribution in [2.24, 2.45) is 0 Å². The highest BCUT2D eigenvalue weighted by atomic mass is 19.4. The van der Waals surface area contributed by atoms with Crippen LogP contribution in [0.1, 0.15) is 65.6 Å². The van der Waals surface area contributed by atoms with Crippen LogP contribution in [0.25, 0.3) is 11.1 Å². The smallest absolute Gasteiger partial charge is 0.442 e. The van der Waals surface area contributed by atoms with Crippen LogP contribution in [0.4, 0.5) is 19.0 Å². The number of anilines is 1. The minimum absolute atomic E-state index is 0.00259. The van der Waals surface area contributed by atoms with Crippen LogP contribution in [0.2, 0.25) is 0 Å². The van der Waals surface area contributed by atoms with Gasteiger partial charge in [-0.2, -0.15) is 13.2 Å². The second-order valence-electron chi connectivity index (χ2n) is 9.41. The highest BCUT2D eigenvalue weighted by molar-refractivity contribution is 6.10. The number of aryl methyl sites for hydroxylation is 1. The third-order valence-corrected chi connectivity index (χ3v) is 6.88. The number of ether oxygens (including phenoxy) is 1. The lowest BCUT2D eigenvalue weighted by atomic mass is 10.1. The fourth-order valence-electron chi connectivity index (χ4n) is 4.64. The molecule has 3 aromatic heterocycles. The zero-order valence-corrected chi connectivity index (χ0v) is 18.7. The largest absolute Gasteiger partial charge is 0.449 e. The highest BCUT2D eigenvalue weighted by Crippen LogP contribution is 2.41. The number of furan rings is 1. The molecule has 0 radical (unpaired) electrons. The number of hydrogen-bond acceptors (Lipinski definition) is 7. The van der Waals surface area contributed by atoms with Crippen LogP contribution in [0.3, 0.4) is 0 Å². The molecule has 34 heavy (non-hydrogen) atoms. The number of carbonyl (C=O) groups excluding carboxylic acids is 1. The van der Waals surface area contributed by atoms with Crippen LogP contribution < -0.4 is 5.32 Å². The maximum atomic E-state index is 13.7. The van der Waals surface area contributed by atoms with Crippen molar-refractivity contribution in [3.05, 3.63) is 34.9 Å². The fourth-order valence-corrected chi connectivity index (χ4v) is 4.64. The van der Waals surface area contributed by atoms with Crippen LogP contribution in [-0.2, 0) is 24.0 Å². The van der Waals surface area contributed by atoms with Gasteiger partial charge in [-0.3, -0.25) is 4.79 Å². The second kappa shape index (κ2) is 7.17. The Morgan fingerprint density at radius 3 is 2.68 bits per heavy atom. The summed E-state index contributed by atoms with van der Waals surface area (Å²) in [5.74, 6) is -0.364. The number of nitrogens with zero attached hydrogens (tertiary/aromatic N) is 5. The van der Waals surface area contributed by atoms with E-state index < -0.39 is 18.1 Å². The zero-order valence-electron chi connectivity index (χ0n) is 18.7. The molecule has 1 saturated carbocycles. The normalized spacial score (nSPS) is 21.3. The standard InChI is InChI=1S/C22H23F3N6O3/c1-11-14(15-17(29-21(2)4-5-21)26-10-27-18(15)34-11)19(32)30-6-7-31-12(9-30)16(13-3-8-33-13)28-20(31)22(23,24)25/h10,13H,3-9H2,1-2H3,(H,26,27,29). The Morgan fingerprint density at radius 1 is 1.26 bits per heavy atom. The summed E-state index contributed by atoms with van der Waals surface area (Å²) in [5.41, 5.74) is 1.16. The lowest BCUT2D eigenvalue weighted by molar-refractivity contribution is -0.147. The van der Waals surface area contributed by atoms with Crippen molar-refractivity contribution in [2.75, 3.05) is 18.5 Å². The molecule has 1 N–H and O–H groups in total. The Hall–Kier alpha value is -3.15. The molecule has 3 aromatic rings. The van der Waals surface area contributed by atoms with Crippen molar-refractivity contribution in [3.63, 3.8) is 0 Å². The van der Waals surface area contributed by atoms with Crippen LogP contribution in [-0.4, -0.2) is 49.0 Å². The molecular formula is C22H23F3N6O3. The van der Waals surface area contributed by atoms with E-state index in [1.54, 1.807) is 6.92 Å². The lowest BCUT2D eigenvalue weighted by Crippen LogP contribution is -2.40. The molecule has 3 aliphatic rings. The van der Waals surface area contributed by atoms with Crippen LogP contribution >= 0.6 is 0 Å². The van der Waals surface area contributed by atoms with Crippen LogP contribution in [0.15, 0.2) is 10.7 Å². The Balaban J connectivity index is 1.38. The van der Waals surface area contributed by atoms with E-state index in [0.717, 1.165) is 12.8 Å². The molecule has 1 unspecified atom stereocenters. The van der Waals surface area contributed by atoms with Gasteiger partial charge in [0.25, 0.3) is 5.91 Å². The average molecular weight is 476 g/mol. The van der Waals surface area contributed by atoms with Gasteiger partial charge < -0.3 is 23.9 Å². The number of alkyl halides is 3. The lowest BCUT2D eigenvalue weighted by Gasteiger charge is -2.32. The summed E-state index contributed by atoms with van der Waals surface area (Å²) in [6.45, 7) is 4.33.